The Morgan fingerprint density at radius 2 is 2.00 bits per heavy atom. The molecule has 0 unspecified atom stereocenters. The third-order valence-corrected chi connectivity index (χ3v) is 5.76. The normalized spacial score (nSPS) is 16.8. The van der Waals surface area contributed by atoms with Crippen LogP contribution in [-0.2, 0) is 16.8 Å². The molecule has 27 heavy (non-hydrogen) atoms. The number of benzene rings is 2. The van der Waals surface area contributed by atoms with Crippen LogP contribution >= 0.6 is 0 Å². The van der Waals surface area contributed by atoms with Gasteiger partial charge in [0.1, 0.15) is 5.75 Å². The van der Waals surface area contributed by atoms with E-state index in [-0.39, 0.29) is 11.7 Å². The van der Waals surface area contributed by atoms with Gasteiger partial charge in [0.05, 0.1) is 30.4 Å². The monoisotopic (exact) mass is 362 g/mol. The minimum Gasteiger partial charge on any atom is -0.497 e. The Morgan fingerprint density at radius 3 is 2.56 bits per heavy atom. The van der Waals surface area contributed by atoms with E-state index in [0.29, 0.717) is 17.8 Å². The lowest BCUT2D eigenvalue weighted by Gasteiger charge is -2.37. The molecule has 5 nitrogen and oxygen atoms in total. The van der Waals surface area contributed by atoms with Crippen molar-refractivity contribution in [2.24, 2.45) is 0 Å². The van der Waals surface area contributed by atoms with Gasteiger partial charge in [-0.3, -0.25) is 9.59 Å². The molecule has 1 fully saturated rings. The Kier molecular flexibility index (Phi) is 4.02. The van der Waals surface area contributed by atoms with Gasteiger partial charge >= 0.3 is 0 Å². The van der Waals surface area contributed by atoms with Crippen molar-refractivity contribution in [3.05, 3.63) is 65.7 Å². The van der Waals surface area contributed by atoms with E-state index in [1.165, 1.54) is 6.08 Å². The van der Waals surface area contributed by atoms with Crippen molar-refractivity contribution in [3.8, 4) is 5.75 Å². The van der Waals surface area contributed by atoms with E-state index in [1.807, 2.05) is 30.3 Å². The van der Waals surface area contributed by atoms with Crippen molar-refractivity contribution in [1.29, 1.82) is 0 Å². The maximum absolute atomic E-state index is 13.3. The zero-order valence-electron chi connectivity index (χ0n) is 15.3. The van der Waals surface area contributed by atoms with Crippen molar-refractivity contribution in [2.75, 3.05) is 17.7 Å². The summed E-state index contributed by atoms with van der Waals surface area (Å²) in [6.07, 6.45) is 3.87. The maximum Gasteiger partial charge on any atom is 0.238 e. The van der Waals surface area contributed by atoms with E-state index in [2.05, 4.69) is 6.58 Å². The molecule has 1 saturated carbocycles. The van der Waals surface area contributed by atoms with Gasteiger partial charge in [0.25, 0.3) is 0 Å². The highest BCUT2D eigenvalue weighted by atomic mass is 16.5. The number of carbonyl (C=O) groups is 2. The summed E-state index contributed by atoms with van der Waals surface area (Å²) in [6.45, 7) is 3.99. The van der Waals surface area contributed by atoms with Crippen LogP contribution in [0.5, 0.6) is 5.75 Å². The highest BCUT2D eigenvalue weighted by Crippen LogP contribution is 2.55. The van der Waals surface area contributed by atoms with Crippen LogP contribution in [0.15, 0.2) is 49.1 Å². The van der Waals surface area contributed by atoms with Crippen LogP contribution in [0.4, 0.5) is 11.4 Å². The molecule has 138 valence electrons. The number of carbonyl (C=O) groups excluding carboxylic acids is 2. The molecule has 2 aliphatic rings. The van der Waals surface area contributed by atoms with Crippen molar-refractivity contribution < 1.29 is 14.3 Å². The summed E-state index contributed by atoms with van der Waals surface area (Å²) in [5.41, 5.74) is 9.37. The maximum atomic E-state index is 13.3. The topological polar surface area (TPSA) is 72.6 Å². The van der Waals surface area contributed by atoms with E-state index >= 15 is 0 Å². The van der Waals surface area contributed by atoms with Crippen LogP contribution < -0.4 is 15.4 Å². The van der Waals surface area contributed by atoms with Crippen molar-refractivity contribution >= 4 is 23.1 Å². The van der Waals surface area contributed by atoms with Gasteiger partial charge in [-0.05, 0) is 54.3 Å². The fourth-order valence-corrected chi connectivity index (χ4v) is 4.14. The standard InChI is InChI=1S/C22H22N2O3/c1-3-19(25)15-11-17-20(18(23)12-15)24(21(26)22(17)9-4-10-22)13-14-5-7-16(27-2)8-6-14/h3,5-8,11-12H,1,4,9-10,13,23H2,2H3. The summed E-state index contributed by atoms with van der Waals surface area (Å²) in [4.78, 5) is 27.2. The summed E-state index contributed by atoms with van der Waals surface area (Å²) in [7, 11) is 1.62. The van der Waals surface area contributed by atoms with Gasteiger partial charge in [-0.25, -0.2) is 0 Å². The zero-order chi connectivity index (χ0) is 19.2. The molecule has 2 N–H and O–H groups in total. The second-order valence-electron chi connectivity index (χ2n) is 7.21. The van der Waals surface area contributed by atoms with Gasteiger partial charge in [-0.2, -0.15) is 0 Å². The molecule has 1 aliphatic carbocycles. The Balaban J connectivity index is 1.78. The molecule has 1 heterocycles. The molecule has 0 aromatic heterocycles. The lowest BCUT2D eigenvalue weighted by Crippen LogP contribution is -2.44. The largest absolute Gasteiger partial charge is 0.497 e. The Hall–Kier alpha value is -3.08. The number of ketones is 1. The van der Waals surface area contributed by atoms with Crippen LogP contribution in [0.1, 0.15) is 40.7 Å². The number of nitrogens with zero attached hydrogens (tertiary/aromatic N) is 1. The quantitative estimate of drug-likeness (QED) is 0.501. The highest BCUT2D eigenvalue weighted by Gasteiger charge is 2.55. The second-order valence-corrected chi connectivity index (χ2v) is 7.21. The summed E-state index contributed by atoms with van der Waals surface area (Å²) in [5, 5.41) is 0. The Bertz CT molecular complexity index is 943. The zero-order valence-corrected chi connectivity index (χ0v) is 15.3. The molecular formula is C22H22N2O3. The van der Waals surface area contributed by atoms with E-state index in [4.69, 9.17) is 10.5 Å². The first-order valence-corrected chi connectivity index (χ1v) is 9.06. The number of rotatable bonds is 5. The Labute approximate surface area is 158 Å². The molecule has 2 aromatic carbocycles. The number of hydrogen-bond donors (Lipinski definition) is 1. The second kappa shape index (κ2) is 6.27. The number of amides is 1. The number of allylic oxidation sites excluding steroid dienone is 1. The van der Waals surface area contributed by atoms with Gasteiger partial charge in [0, 0.05) is 5.56 Å². The van der Waals surface area contributed by atoms with Gasteiger partial charge in [-0.1, -0.05) is 25.1 Å². The number of nitrogens with two attached hydrogens (primary N) is 1. The summed E-state index contributed by atoms with van der Waals surface area (Å²) >= 11 is 0. The van der Waals surface area contributed by atoms with Crippen molar-refractivity contribution in [3.63, 3.8) is 0 Å². The molecule has 4 rings (SSSR count). The summed E-state index contributed by atoms with van der Waals surface area (Å²) in [6, 6.07) is 11.1. The molecule has 1 amide bonds. The molecule has 1 aliphatic heterocycles. The molecule has 5 heteroatoms. The van der Waals surface area contributed by atoms with Gasteiger partial charge < -0.3 is 15.4 Å². The molecule has 2 aromatic rings. The SMILES string of the molecule is C=CC(=O)c1cc(N)c2c(c1)C1(CCC1)C(=O)N2Cc1ccc(OC)cc1. The lowest BCUT2D eigenvalue weighted by molar-refractivity contribution is -0.126. The number of anilines is 2. The van der Waals surface area contributed by atoms with Crippen LogP contribution in [0.25, 0.3) is 0 Å². The number of ether oxygens (including phenoxy) is 1. The highest BCUT2D eigenvalue weighted by molar-refractivity contribution is 6.13. The Morgan fingerprint density at radius 1 is 1.30 bits per heavy atom. The van der Waals surface area contributed by atoms with Crippen molar-refractivity contribution in [1.82, 2.24) is 0 Å². The van der Waals surface area contributed by atoms with Gasteiger partial charge in [0.2, 0.25) is 5.91 Å². The fourth-order valence-electron chi connectivity index (χ4n) is 4.14. The molecular weight excluding hydrogens is 340 g/mol. The minimum absolute atomic E-state index is 0.0782. The number of fused-ring (bicyclic) bond motifs is 2. The predicted octanol–water partition coefficient (Wildman–Crippen LogP) is 3.61. The van der Waals surface area contributed by atoms with Gasteiger partial charge in [-0.15, -0.1) is 0 Å². The number of methoxy groups -OCH3 is 1. The average Bonchev–Trinajstić information content (AvgIpc) is 2.90. The van der Waals surface area contributed by atoms with E-state index in [0.717, 1.165) is 41.8 Å². The number of hydrogen-bond acceptors (Lipinski definition) is 4. The van der Waals surface area contributed by atoms with Crippen LogP contribution in [0.3, 0.4) is 0 Å². The third kappa shape index (κ3) is 2.53. The molecule has 0 atom stereocenters. The summed E-state index contributed by atoms with van der Waals surface area (Å²) < 4.78 is 5.20. The average molecular weight is 362 g/mol. The van der Waals surface area contributed by atoms with Crippen molar-refractivity contribution in [2.45, 2.75) is 31.2 Å². The molecule has 0 saturated heterocycles. The lowest BCUT2D eigenvalue weighted by atomic mass is 9.65. The van der Waals surface area contributed by atoms with Crippen LogP contribution in [0.2, 0.25) is 0 Å². The third-order valence-electron chi connectivity index (χ3n) is 5.76. The first kappa shape index (κ1) is 17.3. The van der Waals surface area contributed by atoms with Gasteiger partial charge in [0.15, 0.2) is 5.78 Å². The number of nitrogen functional groups attached to an aromatic ring is 1. The smallest absolute Gasteiger partial charge is 0.238 e. The van der Waals surface area contributed by atoms with E-state index in [1.54, 1.807) is 18.1 Å². The molecule has 0 bridgehead atoms. The molecule has 1 spiro atoms. The first-order valence-electron chi connectivity index (χ1n) is 9.06. The van der Waals surface area contributed by atoms with E-state index in [9.17, 15) is 9.59 Å². The predicted molar refractivity (Wildman–Crippen MR) is 105 cm³/mol. The van der Waals surface area contributed by atoms with E-state index < -0.39 is 5.41 Å². The minimum atomic E-state index is -0.534. The first-order chi connectivity index (χ1) is 13.0. The van der Waals surface area contributed by atoms with Crippen LogP contribution in [0, 0.1) is 0 Å². The molecule has 0 radical (unpaired) electrons. The van der Waals surface area contributed by atoms with Crippen LogP contribution in [-0.4, -0.2) is 18.8 Å². The fraction of sp³-hybridized carbons (Fsp3) is 0.273. The summed E-state index contributed by atoms with van der Waals surface area (Å²) in [5.74, 6) is 0.670.